The molecule has 0 aliphatic heterocycles. The van der Waals surface area contributed by atoms with E-state index >= 15 is 0 Å². The Morgan fingerprint density at radius 1 is 1.21 bits per heavy atom. The molecule has 0 saturated heterocycles. The summed E-state index contributed by atoms with van der Waals surface area (Å²) in [6, 6.07) is 11.8. The van der Waals surface area contributed by atoms with Crippen molar-refractivity contribution in [2.24, 2.45) is 0 Å². The maximum atomic E-state index is 13.9. The largest absolute Gasteiger partial charge is 0.495 e. The van der Waals surface area contributed by atoms with Gasteiger partial charge in [-0.3, -0.25) is 4.79 Å². The summed E-state index contributed by atoms with van der Waals surface area (Å²) < 4.78 is 20.6. The molecule has 1 N–H and O–H groups in total. The van der Waals surface area contributed by atoms with Gasteiger partial charge >= 0.3 is 5.97 Å². The number of methoxy groups -OCH3 is 1. The Morgan fingerprint density at radius 3 is 2.62 bits per heavy atom. The lowest BCUT2D eigenvalue weighted by molar-refractivity contribution is 0.0696. The van der Waals surface area contributed by atoms with Gasteiger partial charge in [-0.05, 0) is 24.3 Å². The van der Waals surface area contributed by atoms with Crippen molar-refractivity contribution in [3.05, 3.63) is 75.8 Å². The van der Waals surface area contributed by atoms with Crippen molar-refractivity contribution in [2.45, 2.75) is 6.54 Å². The molecule has 0 radical (unpaired) electrons. The molecule has 1 aromatic heterocycles. The summed E-state index contributed by atoms with van der Waals surface area (Å²) in [6.07, 6.45) is 0. The third kappa shape index (κ3) is 2.74. The van der Waals surface area contributed by atoms with Crippen LogP contribution < -0.4 is 10.3 Å². The van der Waals surface area contributed by atoms with Crippen molar-refractivity contribution in [2.75, 3.05) is 7.11 Å². The van der Waals surface area contributed by atoms with Crippen LogP contribution in [0.25, 0.3) is 10.9 Å². The Hall–Kier alpha value is -3.15. The highest BCUT2D eigenvalue weighted by Gasteiger charge is 2.15. The standard InChI is InChI=1S/C18H14FNO4/c1-24-15-9-13(18(22)23)8-11-6-7-16(21)20(17(11)15)10-12-4-2-3-5-14(12)19/h2-9H,10H2,1H3,(H,22,23). The lowest BCUT2D eigenvalue weighted by Crippen LogP contribution is -2.21. The fourth-order valence-corrected chi connectivity index (χ4v) is 2.64. The summed E-state index contributed by atoms with van der Waals surface area (Å²) in [5.74, 6) is -1.26. The quantitative estimate of drug-likeness (QED) is 0.800. The Labute approximate surface area is 136 Å². The molecular weight excluding hydrogens is 313 g/mol. The number of aromatic nitrogens is 1. The molecule has 0 amide bonds. The van der Waals surface area contributed by atoms with Crippen molar-refractivity contribution >= 4 is 16.9 Å². The molecule has 24 heavy (non-hydrogen) atoms. The van der Waals surface area contributed by atoms with Gasteiger partial charge in [0.1, 0.15) is 11.6 Å². The zero-order valence-corrected chi connectivity index (χ0v) is 12.8. The number of aromatic carboxylic acids is 1. The van der Waals surface area contributed by atoms with Gasteiger partial charge in [-0.15, -0.1) is 0 Å². The predicted molar refractivity (Wildman–Crippen MR) is 87.2 cm³/mol. The molecule has 0 unspecified atom stereocenters. The smallest absolute Gasteiger partial charge is 0.335 e. The summed E-state index contributed by atoms with van der Waals surface area (Å²) in [7, 11) is 1.39. The summed E-state index contributed by atoms with van der Waals surface area (Å²) >= 11 is 0. The minimum Gasteiger partial charge on any atom is -0.495 e. The monoisotopic (exact) mass is 327 g/mol. The lowest BCUT2D eigenvalue weighted by Gasteiger charge is -2.14. The number of benzene rings is 2. The van der Waals surface area contributed by atoms with Crippen LogP contribution in [-0.2, 0) is 6.54 Å². The third-order valence-electron chi connectivity index (χ3n) is 3.80. The van der Waals surface area contributed by atoms with Crippen LogP contribution in [0.2, 0.25) is 0 Å². The highest BCUT2D eigenvalue weighted by Crippen LogP contribution is 2.27. The summed E-state index contributed by atoms with van der Waals surface area (Å²) in [4.78, 5) is 23.5. The van der Waals surface area contributed by atoms with Gasteiger partial charge in [0.15, 0.2) is 0 Å². The van der Waals surface area contributed by atoms with Gasteiger partial charge in [-0.25, -0.2) is 9.18 Å². The fourth-order valence-electron chi connectivity index (χ4n) is 2.64. The molecular formula is C18H14FNO4. The molecule has 5 nitrogen and oxygen atoms in total. The Kier molecular flexibility index (Phi) is 4.04. The van der Waals surface area contributed by atoms with E-state index in [1.54, 1.807) is 18.2 Å². The van der Waals surface area contributed by atoms with E-state index in [9.17, 15) is 19.1 Å². The molecule has 0 spiro atoms. The Balaban J connectivity index is 2.27. The van der Waals surface area contributed by atoms with Gasteiger partial charge in [0.05, 0.1) is 24.7 Å². The normalized spacial score (nSPS) is 10.8. The highest BCUT2D eigenvalue weighted by atomic mass is 19.1. The number of halogens is 1. The molecule has 3 rings (SSSR count). The number of carbonyl (C=O) groups is 1. The van der Waals surface area contributed by atoms with Gasteiger partial charge in [-0.2, -0.15) is 0 Å². The third-order valence-corrected chi connectivity index (χ3v) is 3.80. The number of carboxylic acids is 1. The van der Waals surface area contributed by atoms with Crippen LogP contribution in [0.15, 0.2) is 53.3 Å². The second kappa shape index (κ2) is 6.16. The number of nitrogens with zero attached hydrogens (tertiary/aromatic N) is 1. The van der Waals surface area contributed by atoms with Crippen LogP contribution in [0.5, 0.6) is 5.75 Å². The molecule has 0 aliphatic carbocycles. The second-order valence-electron chi connectivity index (χ2n) is 5.27. The van der Waals surface area contributed by atoms with E-state index in [1.165, 1.54) is 42.0 Å². The number of fused-ring (bicyclic) bond motifs is 1. The number of hydrogen-bond acceptors (Lipinski definition) is 3. The number of pyridine rings is 1. The summed E-state index contributed by atoms with van der Waals surface area (Å²) in [5, 5.41) is 9.72. The lowest BCUT2D eigenvalue weighted by atomic mass is 10.1. The van der Waals surface area contributed by atoms with Crippen molar-refractivity contribution in [1.82, 2.24) is 4.57 Å². The summed E-state index contributed by atoms with van der Waals surface area (Å²) in [6.45, 7) is 0.0195. The second-order valence-corrected chi connectivity index (χ2v) is 5.27. The first kappa shape index (κ1) is 15.7. The molecule has 0 saturated carbocycles. The SMILES string of the molecule is COc1cc(C(=O)O)cc2ccc(=O)n(Cc3ccccc3F)c12. The van der Waals surface area contributed by atoms with Crippen molar-refractivity contribution in [1.29, 1.82) is 0 Å². The molecule has 2 aromatic carbocycles. The molecule has 6 heteroatoms. The van der Waals surface area contributed by atoms with Crippen LogP contribution in [0.3, 0.4) is 0 Å². The van der Waals surface area contributed by atoms with Gasteiger partial charge in [0.2, 0.25) is 0 Å². The van der Waals surface area contributed by atoms with E-state index in [-0.39, 0.29) is 23.4 Å². The van der Waals surface area contributed by atoms with Crippen molar-refractivity contribution in [3.8, 4) is 5.75 Å². The van der Waals surface area contributed by atoms with E-state index in [0.29, 0.717) is 16.5 Å². The van der Waals surface area contributed by atoms with Gasteiger partial charge in [-0.1, -0.05) is 18.2 Å². The first-order valence-corrected chi connectivity index (χ1v) is 7.19. The van der Waals surface area contributed by atoms with E-state index in [0.717, 1.165) is 0 Å². The highest BCUT2D eigenvalue weighted by molar-refractivity contribution is 5.96. The van der Waals surface area contributed by atoms with Crippen LogP contribution in [-0.4, -0.2) is 22.8 Å². The number of ether oxygens (including phenoxy) is 1. The minimum absolute atomic E-state index is 0.0195. The molecule has 1 heterocycles. The zero-order chi connectivity index (χ0) is 17.3. The fraction of sp³-hybridized carbons (Fsp3) is 0.111. The molecule has 0 aliphatic rings. The minimum atomic E-state index is -1.10. The van der Waals surface area contributed by atoms with E-state index in [2.05, 4.69) is 0 Å². The maximum Gasteiger partial charge on any atom is 0.335 e. The average Bonchev–Trinajstić information content (AvgIpc) is 2.58. The van der Waals surface area contributed by atoms with Crippen LogP contribution in [0.1, 0.15) is 15.9 Å². The van der Waals surface area contributed by atoms with E-state index < -0.39 is 11.8 Å². The summed E-state index contributed by atoms with van der Waals surface area (Å²) in [5.41, 5.74) is 0.511. The molecule has 0 bridgehead atoms. The predicted octanol–water partition coefficient (Wildman–Crippen LogP) is 2.90. The average molecular weight is 327 g/mol. The topological polar surface area (TPSA) is 68.5 Å². The number of rotatable bonds is 4. The molecule has 0 atom stereocenters. The first-order chi connectivity index (χ1) is 11.5. The van der Waals surface area contributed by atoms with E-state index in [4.69, 9.17) is 4.74 Å². The van der Waals surface area contributed by atoms with Crippen LogP contribution in [0.4, 0.5) is 4.39 Å². The van der Waals surface area contributed by atoms with Gasteiger partial charge in [0.25, 0.3) is 5.56 Å². The van der Waals surface area contributed by atoms with Crippen molar-refractivity contribution < 1.29 is 19.0 Å². The Bertz CT molecular complexity index is 994. The molecule has 122 valence electrons. The maximum absolute atomic E-state index is 13.9. The van der Waals surface area contributed by atoms with E-state index in [1.807, 2.05) is 0 Å². The number of hydrogen-bond donors (Lipinski definition) is 1. The van der Waals surface area contributed by atoms with Crippen LogP contribution >= 0.6 is 0 Å². The molecule has 0 fully saturated rings. The van der Waals surface area contributed by atoms with Crippen molar-refractivity contribution in [3.63, 3.8) is 0 Å². The van der Waals surface area contributed by atoms with Gasteiger partial charge < -0.3 is 14.4 Å². The first-order valence-electron chi connectivity index (χ1n) is 7.19. The molecule has 3 aromatic rings. The number of carboxylic acid groups (broad SMARTS) is 1. The Morgan fingerprint density at radius 2 is 1.96 bits per heavy atom. The van der Waals surface area contributed by atoms with Gasteiger partial charge in [0, 0.05) is 17.0 Å². The van der Waals surface area contributed by atoms with Crippen LogP contribution in [0, 0.1) is 5.82 Å². The zero-order valence-electron chi connectivity index (χ0n) is 12.8.